The third-order valence-corrected chi connectivity index (χ3v) is 3.58. The molecule has 3 N–H and O–H groups in total. The predicted octanol–water partition coefficient (Wildman–Crippen LogP) is 0.391. The van der Waals surface area contributed by atoms with Gasteiger partial charge >= 0.3 is 0 Å². The monoisotopic (exact) mass is 273 g/mol. The number of anilines is 1. The van der Waals surface area contributed by atoms with Crippen LogP contribution in [0.1, 0.15) is 33.6 Å². The van der Waals surface area contributed by atoms with Crippen molar-refractivity contribution in [1.82, 2.24) is 10.2 Å². The van der Waals surface area contributed by atoms with Gasteiger partial charge in [-0.1, -0.05) is 0 Å². The zero-order valence-electron chi connectivity index (χ0n) is 10.9. The molecule has 0 spiro atoms. The molecule has 0 saturated heterocycles. The van der Waals surface area contributed by atoms with E-state index in [1.807, 2.05) is 0 Å². The van der Waals surface area contributed by atoms with Gasteiger partial charge in [0.2, 0.25) is 5.91 Å². The largest absolute Gasteiger partial charge is 0.399 e. The molecular formula is C14H15N3O3. The van der Waals surface area contributed by atoms with Gasteiger partial charge < -0.3 is 11.1 Å². The molecule has 2 aliphatic rings. The summed E-state index contributed by atoms with van der Waals surface area (Å²) in [5.74, 6) is -0.550. The lowest BCUT2D eigenvalue weighted by molar-refractivity contribution is -0.122. The number of fused-ring (bicyclic) bond motifs is 1. The van der Waals surface area contributed by atoms with Crippen molar-refractivity contribution >= 4 is 23.4 Å². The van der Waals surface area contributed by atoms with Crippen molar-refractivity contribution < 1.29 is 14.4 Å². The molecule has 0 unspecified atom stereocenters. The summed E-state index contributed by atoms with van der Waals surface area (Å²) in [4.78, 5) is 36.8. The van der Waals surface area contributed by atoms with E-state index in [1.54, 1.807) is 12.1 Å². The van der Waals surface area contributed by atoms with Crippen LogP contribution in [0.2, 0.25) is 0 Å². The van der Waals surface area contributed by atoms with Crippen LogP contribution in [0.5, 0.6) is 0 Å². The third-order valence-electron chi connectivity index (χ3n) is 3.58. The first kappa shape index (κ1) is 12.7. The Morgan fingerprint density at radius 1 is 1.25 bits per heavy atom. The smallest absolute Gasteiger partial charge is 0.261 e. The maximum absolute atomic E-state index is 12.1. The van der Waals surface area contributed by atoms with Gasteiger partial charge in [0.1, 0.15) is 0 Å². The second kappa shape index (κ2) is 4.63. The van der Waals surface area contributed by atoms with Crippen LogP contribution in [0.3, 0.4) is 0 Å². The minimum absolute atomic E-state index is 0.00542. The summed E-state index contributed by atoms with van der Waals surface area (Å²) in [6.07, 6.45) is 1.86. The van der Waals surface area contributed by atoms with Crippen molar-refractivity contribution in [2.24, 2.45) is 5.92 Å². The van der Waals surface area contributed by atoms with Crippen LogP contribution in [0.4, 0.5) is 5.69 Å². The second-order valence-electron chi connectivity index (χ2n) is 5.13. The molecule has 3 rings (SSSR count). The van der Waals surface area contributed by atoms with Crippen molar-refractivity contribution in [1.29, 1.82) is 0 Å². The molecule has 1 saturated carbocycles. The fourth-order valence-electron chi connectivity index (χ4n) is 2.29. The highest BCUT2D eigenvalue weighted by molar-refractivity contribution is 6.21. The van der Waals surface area contributed by atoms with E-state index in [4.69, 9.17) is 5.73 Å². The number of carbonyl (C=O) groups excluding carboxylic acids is 3. The van der Waals surface area contributed by atoms with E-state index < -0.39 is 0 Å². The van der Waals surface area contributed by atoms with Gasteiger partial charge in [-0.3, -0.25) is 19.3 Å². The molecule has 3 amide bonds. The van der Waals surface area contributed by atoms with Crippen molar-refractivity contribution in [3.63, 3.8) is 0 Å². The lowest BCUT2D eigenvalue weighted by atomic mass is 10.1. The summed E-state index contributed by atoms with van der Waals surface area (Å²) in [6, 6.07) is 4.68. The van der Waals surface area contributed by atoms with Crippen molar-refractivity contribution in [3.8, 4) is 0 Å². The maximum Gasteiger partial charge on any atom is 0.261 e. The number of nitrogens with zero attached hydrogens (tertiary/aromatic N) is 1. The van der Waals surface area contributed by atoms with E-state index in [0.29, 0.717) is 16.8 Å². The maximum atomic E-state index is 12.1. The quantitative estimate of drug-likeness (QED) is 0.613. The van der Waals surface area contributed by atoms with Crippen LogP contribution in [-0.4, -0.2) is 35.7 Å². The number of imide groups is 1. The summed E-state index contributed by atoms with van der Waals surface area (Å²) in [5, 5.41) is 2.74. The minimum atomic E-state index is -0.349. The fourth-order valence-corrected chi connectivity index (χ4v) is 2.29. The molecule has 6 nitrogen and oxygen atoms in total. The zero-order chi connectivity index (χ0) is 14.3. The van der Waals surface area contributed by atoms with Crippen LogP contribution < -0.4 is 11.1 Å². The van der Waals surface area contributed by atoms with Gasteiger partial charge in [-0.2, -0.15) is 0 Å². The Bertz CT molecular complexity index is 608. The molecule has 0 aromatic heterocycles. The number of hydrogen-bond acceptors (Lipinski definition) is 4. The molecule has 1 aromatic carbocycles. The molecule has 0 radical (unpaired) electrons. The zero-order valence-corrected chi connectivity index (χ0v) is 10.9. The fraction of sp³-hybridized carbons (Fsp3) is 0.357. The number of benzene rings is 1. The Morgan fingerprint density at radius 3 is 2.65 bits per heavy atom. The highest BCUT2D eigenvalue weighted by Crippen LogP contribution is 2.28. The summed E-state index contributed by atoms with van der Waals surface area (Å²) in [7, 11) is 0. The number of rotatable bonds is 4. The summed E-state index contributed by atoms with van der Waals surface area (Å²) in [6.45, 7) is 0.473. The molecule has 1 fully saturated rings. The lowest BCUT2D eigenvalue weighted by Crippen LogP contribution is -2.38. The molecule has 1 heterocycles. The van der Waals surface area contributed by atoms with Crippen LogP contribution >= 0.6 is 0 Å². The standard InChI is InChI=1S/C14H15N3O3/c15-9-3-4-10-11(7-9)14(20)17(13(10)19)6-5-16-12(18)8-1-2-8/h3-4,7-8H,1-2,5-6,15H2,(H,16,18). The van der Waals surface area contributed by atoms with Gasteiger partial charge in [0.25, 0.3) is 11.8 Å². The Kier molecular flexibility index (Phi) is 2.93. The molecule has 1 aliphatic carbocycles. The normalized spacial score (nSPS) is 17.3. The molecule has 0 atom stereocenters. The predicted molar refractivity (Wildman–Crippen MR) is 72.0 cm³/mol. The van der Waals surface area contributed by atoms with Gasteiger partial charge in [0.15, 0.2) is 0 Å². The van der Waals surface area contributed by atoms with Crippen molar-refractivity contribution in [2.45, 2.75) is 12.8 Å². The number of hydrogen-bond donors (Lipinski definition) is 2. The number of nitrogen functional groups attached to an aromatic ring is 1. The molecule has 20 heavy (non-hydrogen) atoms. The Labute approximate surface area is 115 Å². The average Bonchev–Trinajstić information content (AvgIpc) is 3.23. The number of carbonyl (C=O) groups is 3. The SMILES string of the molecule is Nc1ccc2c(c1)C(=O)N(CCNC(=O)C1CC1)C2=O. The van der Waals surface area contributed by atoms with Crippen molar-refractivity contribution in [3.05, 3.63) is 29.3 Å². The van der Waals surface area contributed by atoms with Crippen LogP contribution in [-0.2, 0) is 4.79 Å². The summed E-state index contributed by atoms with van der Waals surface area (Å²) in [5.41, 5.74) is 6.79. The number of amides is 3. The molecular weight excluding hydrogens is 258 g/mol. The van der Waals surface area contributed by atoms with Crippen LogP contribution in [0.25, 0.3) is 0 Å². The topological polar surface area (TPSA) is 92.5 Å². The number of nitrogens with two attached hydrogens (primary N) is 1. The Morgan fingerprint density at radius 2 is 1.95 bits per heavy atom. The van der Waals surface area contributed by atoms with Gasteiger partial charge in [-0.25, -0.2) is 0 Å². The highest BCUT2D eigenvalue weighted by Gasteiger charge is 2.35. The first-order chi connectivity index (χ1) is 9.58. The highest BCUT2D eigenvalue weighted by atomic mass is 16.2. The molecule has 104 valence electrons. The Balaban J connectivity index is 1.65. The van der Waals surface area contributed by atoms with E-state index in [0.717, 1.165) is 17.7 Å². The van der Waals surface area contributed by atoms with E-state index >= 15 is 0 Å². The van der Waals surface area contributed by atoms with E-state index in [2.05, 4.69) is 5.32 Å². The minimum Gasteiger partial charge on any atom is -0.399 e. The molecule has 1 aliphatic heterocycles. The Hall–Kier alpha value is -2.37. The van der Waals surface area contributed by atoms with Crippen LogP contribution in [0.15, 0.2) is 18.2 Å². The molecule has 1 aromatic rings. The summed E-state index contributed by atoms with van der Waals surface area (Å²) >= 11 is 0. The van der Waals surface area contributed by atoms with E-state index in [-0.39, 0.29) is 36.7 Å². The first-order valence-electron chi connectivity index (χ1n) is 6.61. The van der Waals surface area contributed by atoms with Gasteiger partial charge in [-0.15, -0.1) is 0 Å². The van der Waals surface area contributed by atoms with E-state index in [9.17, 15) is 14.4 Å². The molecule has 0 bridgehead atoms. The van der Waals surface area contributed by atoms with Crippen molar-refractivity contribution in [2.75, 3.05) is 18.8 Å². The summed E-state index contributed by atoms with van der Waals surface area (Å²) < 4.78 is 0. The number of nitrogens with one attached hydrogen (secondary N) is 1. The average molecular weight is 273 g/mol. The third kappa shape index (κ3) is 2.13. The van der Waals surface area contributed by atoms with Gasteiger partial charge in [0.05, 0.1) is 11.1 Å². The molecule has 6 heteroatoms. The van der Waals surface area contributed by atoms with Gasteiger partial charge in [0, 0.05) is 24.7 Å². The second-order valence-corrected chi connectivity index (χ2v) is 5.13. The van der Waals surface area contributed by atoms with Crippen LogP contribution in [0, 0.1) is 5.92 Å². The van der Waals surface area contributed by atoms with E-state index in [1.165, 1.54) is 6.07 Å². The lowest BCUT2D eigenvalue weighted by Gasteiger charge is -2.14. The first-order valence-corrected chi connectivity index (χ1v) is 6.61. The van der Waals surface area contributed by atoms with Gasteiger partial charge in [-0.05, 0) is 31.0 Å².